The molecule has 5 rings (SSSR count). The van der Waals surface area contributed by atoms with Crippen LogP contribution in [0.15, 0.2) is 57.1 Å². The molecule has 35 heavy (non-hydrogen) atoms. The molecule has 0 spiro atoms. The van der Waals surface area contributed by atoms with Gasteiger partial charge >= 0.3 is 11.8 Å². The topological polar surface area (TPSA) is 121 Å². The van der Waals surface area contributed by atoms with Crippen LogP contribution in [0.2, 0.25) is 0 Å². The number of anilines is 2. The molecule has 2 aromatic heterocycles. The molecular formula is C23H20FN5O5S. The van der Waals surface area contributed by atoms with Crippen molar-refractivity contribution in [1.29, 1.82) is 0 Å². The molecule has 2 aromatic carbocycles. The lowest BCUT2D eigenvalue weighted by Crippen LogP contribution is -2.48. The number of aromatic amines is 1. The molecule has 12 heteroatoms. The monoisotopic (exact) mass is 497 g/mol. The van der Waals surface area contributed by atoms with Crippen LogP contribution in [-0.2, 0) is 11.3 Å². The zero-order valence-electron chi connectivity index (χ0n) is 18.3. The van der Waals surface area contributed by atoms with Gasteiger partial charge in [0.1, 0.15) is 18.1 Å². The molecule has 0 radical (unpaired) electrons. The molecule has 180 valence electrons. The maximum absolute atomic E-state index is 13.0. The first kappa shape index (κ1) is 22.6. The van der Waals surface area contributed by atoms with E-state index in [1.165, 1.54) is 23.5 Å². The Kier molecular flexibility index (Phi) is 6.19. The molecule has 1 fully saturated rings. The Balaban J connectivity index is 1.13. The lowest BCUT2D eigenvalue weighted by molar-refractivity contribution is 0.0941. The second-order valence-corrected chi connectivity index (χ2v) is 8.69. The molecule has 4 aromatic rings. The van der Waals surface area contributed by atoms with Crippen LogP contribution in [-0.4, -0.2) is 53.0 Å². The van der Waals surface area contributed by atoms with Gasteiger partial charge in [0.2, 0.25) is 0 Å². The van der Waals surface area contributed by atoms with Crippen LogP contribution in [0.5, 0.6) is 0 Å². The number of benzene rings is 2. The number of carbonyl (C=O) groups excluding carboxylic acids is 2. The summed E-state index contributed by atoms with van der Waals surface area (Å²) in [4.78, 5) is 46.9. The molecule has 3 heterocycles. The number of nitrogens with one attached hydrogen (secondary N) is 2. The third-order valence-corrected chi connectivity index (χ3v) is 6.39. The molecule has 1 aliphatic heterocycles. The SMILES string of the molecule is O=C(Nc1ccc2[nH]c(=O)oc2c1)c1csc(N2CCN(C(=O)OCc3ccc(F)cc3)CC2)n1. The standard InChI is InChI=1S/C23H20FN5O5S/c24-15-3-1-14(2-4-15)12-33-23(32)29-9-7-28(8-10-29)21-26-18(13-35-21)20(30)25-16-5-6-17-19(11-16)34-22(31)27-17/h1-6,11,13H,7-10,12H2,(H,25,30)(H,27,31). The molecule has 0 aliphatic carbocycles. The van der Waals surface area contributed by atoms with E-state index in [-0.39, 0.29) is 24.0 Å². The predicted octanol–water partition coefficient (Wildman–Crippen LogP) is 3.43. The molecule has 1 saturated heterocycles. The largest absolute Gasteiger partial charge is 0.445 e. The fourth-order valence-electron chi connectivity index (χ4n) is 3.63. The van der Waals surface area contributed by atoms with Crippen LogP contribution in [0.4, 0.5) is 20.0 Å². The summed E-state index contributed by atoms with van der Waals surface area (Å²) in [6.07, 6.45) is -0.427. The second kappa shape index (κ2) is 9.58. The fourth-order valence-corrected chi connectivity index (χ4v) is 4.49. The Hall–Kier alpha value is -4.19. The van der Waals surface area contributed by atoms with E-state index >= 15 is 0 Å². The maximum atomic E-state index is 13.0. The number of halogens is 1. The Labute approximate surface area is 201 Å². The highest BCUT2D eigenvalue weighted by Crippen LogP contribution is 2.23. The highest BCUT2D eigenvalue weighted by atomic mass is 32.1. The number of fused-ring (bicyclic) bond motifs is 1. The van der Waals surface area contributed by atoms with E-state index in [0.717, 1.165) is 0 Å². The van der Waals surface area contributed by atoms with E-state index in [1.807, 2.05) is 4.90 Å². The van der Waals surface area contributed by atoms with E-state index in [0.29, 0.717) is 53.7 Å². The second-order valence-electron chi connectivity index (χ2n) is 7.85. The van der Waals surface area contributed by atoms with Crippen molar-refractivity contribution >= 4 is 45.3 Å². The van der Waals surface area contributed by atoms with Crippen LogP contribution < -0.4 is 16.0 Å². The number of rotatable bonds is 5. The van der Waals surface area contributed by atoms with Crippen molar-refractivity contribution in [3.8, 4) is 0 Å². The molecule has 2 amide bonds. The molecule has 0 unspecified atom stereocenters. The first-order valence-corrected chi connectivity index (χ1v) is 11.6. The average Bonchev–Trinajstić information content (AvgIpc) is 3.50. The summed E-state index contributed by atoms with van der Waals surface area (Å²) in [5.41, 5.74) is 2.35. The number of hydrogen-bond acceptors (Lipinski definition) is 8. The van der Waals surface area contributed by atoms with Gasteiger partial charge in [-0.1, -0.05) is 12.1 Å². The van der Waals surface area contributed by atoms with Gasteiger partial charge in [-0.2, -0.15) is 0 Å². The molecule has 1 aliphatic rings. The number of ether oxygens (including phenoxy) is 1. The smallest absolute Gasteiger partial charge is 0.417 e. The van der Waals surface area contributed by atoms with Gasteiger partial charge in [-0.15, -0.1) is 11.3 Å². The summed E-state index contributed by atoms with van der Waals surface area (Å²) in [7, 11) is 0. The van der Waals surface area contributed by atoms with Gasteiger partial charge in [0.25, 0.3) is 5.91 Å². The van der Waals surface area contributed by atoms with Gasteiger partial charge in [0, 0.05) is 43.3 Å². The van der Waals surface area contributed by atoms with Crippen LogP contribution in [0, 0.1) is 5.82 Å². The Morgan fingerprint density at radius 1 is 1.14 bits per heavy atom. The zero-order chi connectivity index (χ0) is 24.4. The quantitative estimate of drug-likeness (QED) is 0.433. The van der Waals surface area contributed by atoms with Gasteiger partial charge in [-0.05, 0) is 29.8 Å². The minimum Gasteiger partial charge on any atom is -0.445 e. The molecular weight excluding hydrogens is 477 g/mol. The van der Waals surface area contributed by atoms with Gasteiger partial charge in [-0.3, -0.25) is 9.78 Å². The highest BCUT2D eigenvalue weighted by molar-refractivity contribution is 7.14. The number of hydrogen-bond donors (Lipinski definition) is 2. The van der Waals surface area contributed by atoms with Crippen molar-refractivity contribution < 1.29 is 23.1 Å². The summed E-state index contributed by atoms with van der Waals surface area (Å²) in [5, 5.41) is 5.10. The number of piperazine rings is 1. The summed E-state index contributed by atoms with van der Waals surface area (Å²) < 4.78 is 23.3. The molecule has 0 atom stereocenters. The Morgan fingerprint density at radius 3 is 2.69 bits per heavy atom. The van der Waals surface area contributed by atoms with Gasteiger partial charge in [0.05, 0.1) is 5.52 Å². The lowest BCUT2D eigenvalue weighted by Gasteiger charge is -2.33. The normalized spacial score (nSPS) is 13.7. The number of oxazole rings is 1. The Morgan fingerprint density at radius 2 is 1.91 bits per heavy atom. The van der Waals surface area contributed by atoms with E-state index in [4.69, 9.17) is 9.15 Å². The average molecular weight is 498 g/mol. The number of carbonyl (C=O) groups is 2. The number of amides is 2. The maximum Gasteiger partial charge on any atom is 0.417 e. The van der Waals surface area contributed by atoms with Gasteiger partial charge < -0.3 is 24.3 Å². The van der Waals surface area contributed by atoms with E-state index in [1.54, 1.807) is 40.6 Å². The molecule has 10 nitrogen and oxygen atoms in total. The van der Waals surface area contributed by atoms with Crippen LogP contribution in [0.3, 0.4) is 0 Å². The van der Waals surface area contributed by atoms with Gasteiger partial charge in [0.15, 0.2) is 10.7 Å². The van der Waals surface area contributed by atoms with Crippen molar-refractivity contribution in [2.75, 3.05) is 36.4 Å². The lowest BCUT2D eigenvalue weighted by atomic mass is 10.2. The summed E-state index contributed by atoms with van der Waals surface area (Å²) in [6, 6.07) is 10.7. The van der Waals surface area contributed by atoms with Gasteiger partial charge in [-0.25, -0.2) is 19.0 Å². The minimum atomic E-state index is -0.561. The zero-order valence-corrected chi connectivity index (χ0v) is 19.1. The first-order valence-electron chi connectivity index (χ1n) is 10.8. The molecule has 0 saturated carbocycles. The summed E-state index contributed by atoms with van der Waals surface area (Å²) >= 11 is 1.34. The van der Waals surface area contributed by atoms with Crippen LogP contribution in [0.25, 0.3) is 11.1 Å². The fraction of sp³-hybridized carbons (Fsp3) is 0.217. The summed E-state index contributed by atoms with van der Waals surface area (Å²) in [6.45, 7) is 2.07. The third kappa shape index (κ3) is 5.17. The van der Waals surface area contributed by atoms with E-state index in [9.17, 15) is 18.8 Å². The van der Waals surface area contributed by atoms with Crippen molar-refractivity contribution in [3.05, 3.63) is 75.5 Å². The van der Waals surface area contributed by atoms with Crippen molar-refractivity contribution in [3.63, 3.8) is 0 Å². The number of aromatic nitrogens is 2. The van der Waals surface area contributed by atoms with Crippen LogP contribution in [0.1, 0.15) is 16.1 Å². The predicted molar refractivity (Wildman–Crippen MR) is 127 cm³/mol. The number of thiazole rings is 1. The van der Waals surface area contributed by atoms with E-state index < -0.39 is 11.8 Å². The number of nitrogens with zero attached hydrogens (tertiary/aromatic N) is 3. The highest BCUT2D eigenvalue weighted by Gasteiger charge is 2.24. The summed E-state index contributed by atoms with van der Waals surface area (Å²) in [5.74, 6) is -1.28. The minimum absolute atomic E-state index is 0.0768. The first-order chi connectivity index (χ1) is 16.9. The van der Waals surface area contributed by atoms with Crippen molar-refractivity contribution in [2.45, 2.75) is 6.61 Å². The Bertz CT molecular complexity index is 1420. The molecule has 0 bridgehead atoms. The number of H-pyrrole nitrogens is 1. The van der Waals surface area contributed by atoms with E-state index in [2.05, 4.69) is 15.3 Å². The van der Waals surface area contributed by atoms with Crippen LogP contribution >= 0.6 is 11.3 Å². The van der Waals surface area contributed by atoms with Crippen molar-refractivity contribution in [1.82, 2.24) is 14.9 Å². The molecule has 2 N–H and O–H groups in total. The van der Waals surface area contributed by atoms with Crippen molar-refractivity contribution in [2.24, 2.45) is 0 Å². The third-order valence-electron chi connectivity index (χ3n) is 5.49.